The Bertz CT molecular complexity index is 757. The lowest BCUT2D eigenvalue weighted by atomic mass is 10.3. The zero-order valence-electron chi connectivity index (χ0n) is 15.2. The van der Waals surface area contributed by atoms with E-state index in [2.05, 4.69) is 4.98 Å². The van der Waals surface area contributed by atoms with Crippen LogP contribution in [0.15, 0.2) is 42.5 Å². The first-order valence-electron chi connectivity index (χ1n) is 8.63. The van der Waals surface area contributed by atoms with Gasteiger partial charge in [0, 0.05) is 0 Å². The number of carbonyl (C=O) groups is 2. The molecule has 0 saturated carbocycles. The highest BCUT2D eigenvalue weighted by molar-refractivity contribution is 5.92. The standard InChI is InChI=1S/C20H23NO5/c1-4-5-13-24-19(22)15-9-8-10-16(21-15)20(23)26-18-12-7-6-11-17(18)25-14(2)3/h6-12,14H,4-5,13H2,1-3H3. The van der Waals surface area contributed by atoms with E-state index in [0.29, 0.717) is 18.1 Å². The number of unbranched alkanes of at least 4 members (excludes halogenated alkanes) is 1. The molecule has 0 radical (unpaired) electrons. The second-order valence-corrected chi connectivity index (χ2v) is 5.90. The Morgan fingerprint density at radius 3 is 2.27 bits per heavy atom. The summed E-state index contributed by atoms with van der Waals surface area (Å²) < 4.78 is 16.1. The van der Waals surface area contributed by atoms with Gasteiger partial charge < -0.3 is 14.2 Å². The van der Waals surface area contributed by atoms with Gasteiger partial charge in [0.15, 0.2) is 11.5 Å². The number of carbonyl (C=O) groups excluding carboxylic acids is 2. The second-order valence-electron chi connectivity index (χ2n) is 5.90. The van der Waals surface area contributed by atoms with Crippen molar-refractivity contribution in [1.82, 2.24) is 4.98 Å². The van der Waals surface area contributed by atoms with Gasteiger partial charge in [-0.25, -0.2) is 14.6 Å². The van der Waals surface area contributed by atoms with Gasteiger partial charge in [-0.3, -0.25) is 0 Å². The highest BCUT2D eigenvalue weighted by Crippen LogP contribution is 2.28. The van der Waals surface area contributed by atoms with Crippen LogP contribution >= 0.6 is 0 Å². The summed E-state index contributed by atoms with van der Waals surface area (Å²) >= 11 is 0. The molecule has 138 valence electrons. The molecular formula is C20H23NO5. The fourth-order valence-corrected chi connectivity index (χ4v) is 2.08. The van der Waals surface area contributed by atoms with Crippen molar-refractivity contribution < 1.29 is 23.8 Å². The Balaban J connectivity index is 2.11. The van der Waals surface area contributed by atoms with Gasteiger partial charge in [-0.2, -0.15) is 0 Å². The topological polar surface area (TPSA) is 74.7 Å². The number of rotatable bonds is 8. The van der Waals surface area contributed by atoms with E-state index in [1.807, 2.05) is 20.8 Å². The number of pyridine rings is 1. The molecule has 0 aliphatic heterocycles. The first-order valence-corrected chi connectivity index (χ1v) is 8.63. The lowest BCUT2D eigenvalue weighted by molar-refractivity contribution is 0.0492. The largest absolute Gasteiger partial charge is 0.487 e. The minimum Gasteiger partial charge on any atom is -0.487 e. The molecule has 6 nitrogen and oxygen atoms in total. The zero-order chi connectivity index (χ0) is 18.9. The smallest absolute Gasteiger partial charge is 0.362 e. The summed E-state index contributed by atoms with van der Waals surface area (Å²) in [5.41, 5.74) is 0.0940. The first-order chi connectivity index (χ1) is 12.5. The van der Waals surface area contributed by atoms with E-state index in [1.165, 1.54) is 12.1 Å². The molecule has 0 amide bonds. The zero-order valence-corrected chi connectivity index (χ0v) is 15.2. The highest BCUT2D eigenvalue weighted by Gasteiger charge is 2.17. The van der Waals surface area contributed by atoms with Crippen molar-refractivity contribution >= 4 is 11.9 Å². The average molecular weight is 357 g/mol. The summed E-state index contributed by atoms with van der Waals surface area (Å²) in [4.78, 5) is 28.4. The first kappa shape index (κ1) is 19.4. The molecule has 0 fully saturated rings. The maximum Gasteiger partial charge on any atom is 0.362 e. The van der Waals surface area contributed by atoms with Crippen LogP contribution in [0.3, 0.4) is 0 Å². The number of benzene rings is 1. The molecular weight excluding hydrogens is 334 g/mol. The van der Waals surface area contributed by atoms with E-state index in [1.54, 1.807) is 30.3 Å². The van der Waals surface area contributed by atoms with Crippen molar-refractivity contribution in [2.45, 2.75) is 39.7 Å². The summed E-state index contributed by atoms with van der Waals surface area (Å²) in [7, 11) is 0. The molecule has 2 rings (SSSR count). The average Bonchev–Trinajstić information content (AvgIpc) is 2.63. The summed E-state index contributed by atoms with van der Waals surface area (Å²) in [6, 6.07) is 11.4. The number of ether oxygens (including phenoxy) is 3. The highest BCUT2D eigenvalue weighted by atomic mass is 16.6. The number of para-hydroxylation sites is 2. The van der Waals surface area contributed by atoms with Crippen molar-refractivity contribution in [1.29, 1.82) is 0 Å². The predicted molar refractivity (Wildman–Crippen MR) is 96.6 cm³/mol. The van der Waals surface area contributed by atoms with Crippen LogP contribution in [0.1, 0.15) is 54.6 Å². The number of nitrogens with zero attached hydrogens (tertiary/aromatic N) is 1. The van der Waals surface area contributed by atoms with Crippen molar-refractivity contribution in [3.63, 3.8) is 0 Å². The minimum atomic E-state index is -0.673. The molecule has 0 aliphatic rings. The van der Waals surface area contributed by atoms with E-state index in [-0.39, 0.29) is 17.5 Å². The van der Waals surface area contributed by atoms with Crippen molar-refractivity contribution in [3.05, 3.63) is 53.9 Å². The summed E-state index contributed by atoms with van der Waals surface area (Å²) in [6.45, 7) is 6.09. The monoisotopic (exact) mass is 357 g/mol. The molecule has 0 atom stereocenters. The van der Waals surface area contributed by atoms with Gasteiger partial charge in [-0.05, 0) is 44.5 Å². The normalized spacial score (nSPS) is 10.5. The summed E-state index contributed by atoms with van der Waals surface area (Å²) in [5, 5.41) is 0. The maximum absolute atomic E-state index is 12.4. The summed E-state index contributed by atoms with van der Waals surface area (Å²) in [5.74, 6) is -0.473. The van der Waals surface area contributed by atoms with Crippen LogP contribution < -0.4 is 9.47 Å². The Labute approximate surface area is 153 Å². The molecule has 0 saturated heterocycles. The van der Waals surface area contributed by atoms with Gasteiger partial charge >= 0.3 is 11.9 Å². The number of hydrogen-bond acceptors (Lipinski definition) is 6. The van der Waals surface area contributed by atoms with Gasteiger partial charge in [-0.1, -0.05) is 31.5 Å². The fourth-order valence-electron chi connectivity index (χ4n) is 2.08. The number of esters is 2. The Morgan fingerprint density at radius 1 is 0.962 bits per heavy atom. The van der Waals surface area contributed by atoms with Crippen LogP contribution in [0.25, 0.3) is 0 Å². The van der Waals surface area contributed by atoms with Crippen LogP contribution in [0.5, 0.6) is 11.5 Å². The van der Waals surface area contributed by atoms with Gasteiger partial charge in [0.1, 0.15) is 11.4 Å². The van der Waals surface area contributed by atoms with Gasteiger partial charge in [0.25, 0.3) is 0 Å². The molecule has 1 heterocycles. The molecule has 1 aromatic carbocycles. The van der Waals surface area contributed by atoms with Crippen molar-refractivity contribution in [2.24, 2.45) is 0 Å². The molecule has 0 N–H and O–H groups in total. The Kier molecular flexibility index (Phi) is 7.14. The van der Waals surface area contributed by atoms with Gasteiger partial charge in [-0.15, -0.1) is 0 Å². The van der Waals surface area contributed by atoms with Gasteiger partial charge in [0.05, 0.1) is 12.7 Å². The SMILES string of the molecule is CCCCOC(=O)c1cccc(C(=O)Oc2ccccc2OC(C)C)n1. The lowest BCUT2D eigenvalue weighted by Crippen LogP contribution is -2.15. The minimum absolute atomic E-state index is 0.0225. The third-order valence-electron chi connectivity index (χ3n) is 3.31. The van der Waals surface area contributed by atoms with Crippen LogP contribution in [0.4, 0.5) is 0 Å². The maximum atomic E-state index is 12.4. The third-order valence-corrected chi connectivity index (χ3v) is 3.31. The number of aromatic nitrogens is 1. The van der Waals surface area contributed by atoms with Crippen molar-refractivity contribution in [3.8, 4) is 11.5 Å². The van der Waals surface area contributed by atoms with E-state index in [4.69, 9.17) is 14.2 Å². The van der Waals surface area contributed by atoms with E-state index in [9.17, 15) is 9.59 Å². The van der Waals surface area contributed by atoms with Crippen LogP contribution in [0.2, 0.25) is 0 Å². The molecule has 0 unspecified atom stereocenters. The van der Waals surface area contributed by atoms with Crippen molar-refractivity contribution in [2.75, 3.05) is 6.61 Å². The quantitative estimate of drug-likeness (QED) is 0.403. The number of hydrogen-bond donors (Lipinski definition) is 0. The van der Waals surface area contributed by atoms with E-state index in [0.717, 1.165) is 12.8 Å². The van der Waals surface area contributed by atoms with Gasteiger partial charge in [0.2, 0.25) is 0 Å². The van der Waals surface area contributed by atoms with Crippen LogP contribution in [-0.2, 0) is 4.74 Å². The van der Waals surface area contributed by atoms with E-state index >= 15 is 0 Å². The van der Waals surface area contributed by atoms with E-state index < -0.39 is 11.9 Å². The second kappa shape index (κ2) is 9.56. The molecule has 0 aliphatic carbocycles. The molecule has 6 heteroatoms. The molecule has 0 bridgehead atoms. The molecule has 26 heavy (non-hydrogen) atoms. The predicted octanol–water partition coefficient (Wildman–Crippen LogP) is 4.04. The Morgan fingerprint density at radius 2 is 1.62 bits per heavy atom. The third kappa shape index (κ3) is 5.58. The summed E-state index contributed by atoms with van der Waals surface area (Å²) in [6.07, 6.45) is 1.64. The molecule has 0 spiro atoms. The fraction of sp³-hybridized carbons (Fsp3) is 0.350. The Hall–Kier alpha value is -2.89. The van der Waals surface area contributed by atoms with Crippen LogP contribution in [0, 0.1) is 0 Å². The lowest BCUT2D eigenvalue weighted by Gasteiger charge is -2.13. The molecule has 2 aromatic rings. The molecule has 1 aromatic heterocycles. The van der Waals surface area contributed by atoms with Crippen LogP contribution in [-0.4, -0.2) is 29.6 Å².